The minimum Gasteiger partial charge on any atom is -0.483 e. The summed E-state index contributed by atoms with van der Waals surface area (Å²) in [7, 11) is 0. The van der Waals surface area contributed by atoms with E-state index in [-0.39, 0.29) is 41.7 Å². The molecule has 0 saturated carbocycles. The molecule has 1 aliphatic rings. The van der Waals surface area contributed by atoms with Crippen LogP contribution in [0.1, 0.15) is 29.8 Å². The third-order valence-corrected chi connectivity index (χ3v) is 5.49. The Bertz CT molecular complexity index is 922. The van der Waals surface area contributed by atoms with Crippen LogP contribution in [0.15, 0.2) is 42.5 Å². The molecule has 1 amide bonds. The van der Waals surface area contributed by atoms with Gasteiger partial charge in [0, 0.05) is 36.7 Å². The quantitative estimate of drug-likeness (QED) is 0.751. The van der Waals surface area contributed by atoms with E-state index in [1.165, 1.54) is 30.3 Å². The lowest BCUT2D eigenvalue weighted by molar-refractivity contribution is -0.139. The maximum atomic E-state index is 13.1. The van der Waals surface area contributed by atoms with Gasteiger partial charge in [0.05, 0.1) is 0 Å². The highest BCUT2D eigenvalue weighted by Crippen LogP contribution is 2.24. The second kappa shape index (κ2) is 9.45. The molecular formula is C22H24ClFN2O4. The van der Waals surface area contributed by atoms with Crippen molar-refractivity contribution in [2.24, 2.45) is 0 Å². The van der Waals surface area contributed by atoms with Crippen LogP contribution in [0.3, 0.4) is 0 Å². The molecule has 6 nitrogen and oxygen atoms in total. The van der Waals surface area contributed by atoms with Gasteiger partial charge in [-0.25, -0.2) is 9.18 Å². The summed E-state index contributed by atoms with van der Waals surface area (Å²) in [6.07, 6.45) is 0. The van der Waals surface area contributed by atoms with Crippen LogP contribution in [0.5, 0.6) is 5.75 Å². The molecular weight excluding hydrogens is 411 g/mol. The lowest BCUT2D eigenvalue weighted by Crippen LogP contribution is -2.58. The summed E-state index contributed by atoms with van der Waals surface area (Å²) in [4.78, 5) is 28.1. The number of rotatable bonds is 6. The van der Waals surface area contributed by atoms with E-state index >= 15 is 0 Å². The van der Waals surface area contributed by atoms with Crippen LogP contribution < -0.4 is 4.74 Å². The normalized spacial score (nSPS) is 19.5. The summed E-state index contributed by atoms with van der Waals surface area (Å²) >= 11 is 5.92. The van der Waals surface area contributed by atoms with Crippen molar-refractivity contribution >= 4 is 23.5 Å². The fourth-order valence-electron chi connectivity index (χ4n) is 3.60. The number of aromatic carboxylic acids is 1. The number of hydrogen-bond acceptors (Lipinski definition) is 4. The highest BCUT2D eigenvalue weighted by atomic mass is 35.5. The van der Waals surface area contributed by atoms with Crippen LogP contribution >= 0.6 is 11.6 Å². The van der Waals surface area contributed by atoms with Crippen LogP contribution in [0.25, 0.3) is 0 Å². The van der Waals surface area contributed by atoms with Gasteiger partial charge < -0.3 is 14.7 Å². The lowest BCUT2D eigenvalue weighted by atomic mass is 10.1. The number of hydrogen-bond donors (Lipinski definition) is 1. The van der Waals surface area contributed by atoms with Gasteiger partial charge in [0.25, 0.3) is 5.91 Å². The third-order valence-electron chi connectivity index (χ3n) is 5.26. The van der Waals surface area contributed by atoms with Crippen molar-refractivity contribution < 1.29 is 23.8 Å². The maximum Gasteiger partial charge on any atom is 0.339 e. The number of carboxylic acid groups (broad SMARTS) is 1. The molecule has 0 radical (unpaired) electrons. The zero-order valence-electron chi connectivity index (χ0n) is 16.8. The molecule has 3 rings (SSSR count). The number of carbonyl (C=O) groups is 2. The first kappa shape index (κ1) is 22.1. The molecule has 1 saturated heterocycles. The summed E-state index contributed by atoms with van der Waals surface area (Å²) in [6, 6.07) is 10.7. The summed E-state index contributed by atoms with van der Waals surface area (Å²) in [5.74, 6) is -1.56. The predicted molar refractivity (Wildman–Crippen MR) is 111 cm³/mol. The average molecular weight is 435 g/mol. The minimum atomic E-state index is -1.15. The van der Waals surface area contributed by atoms with Gasteiger partial charge in [-0.2, -0.15) is 0 Å². The Kier molecular flexibility index (Phi) is 6.95. The average Bonchev–Trinajstić information content (AvgIpc) is 2.70. The zero-order valence-corrected chi connectivity index (χ0v) is 17.6. The highest BCUT2D eigenvalue weighted by Gasteiger charge is 2.32. The van der Waals surface area contributed by atoms with E-state index in [1.807, 2.05) is 13.8 Å². The van der Waals surface area contributed by atoms with Crippen LogP contribution in [0.2, 0.25) is 5.02 Å². The predicted octanol–water partition coefficient (Wildman–Crippen LogP) is 3.68. The second-order valence-corrected chi connectivity index (χ2v) is 7.97. The Morgan fingerprint density at radius 3 is 2.50 bits per heavy atom. The van der Waals surface area contributed by atoms with Crippen molar-refractivity contribution in [2.45, 2.75) is 32.5 Å². The molecule has 1 fully saturated rings. The Balaban J connectivity index is 1.61. The topological polar surface area (TPSA) is 70.1 Å². The molecule has 8 heteroatoms. The van der Waals surface area contributed by atoms with E-state index in [0.29, 0.717) is 24.7 Å². The molecule has 0 aromatic heterocycles. The lowest BCUT2D eigenvalue weighted by Gasteiger charge is -2.44. The monoisotopic (exact) mass is 434 g/mol. The standard InChI is InChI=1S/C22H24ClFN2O4/c1-14-11-26(15(2)10-25(14)12-16-3-6-18(24)7-4-16)21(27)13-30-20-9-17(23)5-8-19(20)22(28)29/h3-9,14-15H,10-13H2,1-2H3,(H,28,29)/t14-,15+/m1/s1. The van der Waals surface area contributed by atoms with Crippen LogP contribution in [-0.4, -0.2) is 58.6 Å². The molecule has 160 valence electrons. The zero-order chi connectivity index (χ0) is 21.8. The number of benzene rings is 2. The van der Waals surface area contributed by atoms with Gasteiger partial charge in [-0.1, -0.05) is 23.7 Å². The summed E-state index contributed by atoms with van der Waals surface area (Å²) < 4.78 is 18.6. The Morgan fingerprint density at radius 1 is 1.13 bits per heavy atom. The van der Waals surface area contributed by atoms with E-state index in [9.17, 15) is 19.1 Å². The van der Waals surface area contributed by atoms with Gasteiger partial charge in [-0.3, -0.25) is 9.69 Å². The molecule has 0 spiro atoms. The molecule has 0 unspecified atom stereocenters. The number of carbonyl (C=O) groups excluding carboxylic acids is 1. The number of carboxylic acids is 1. The number of nitrogens with zero attached hydrogens (tertiary/aromatic N) is 2. The fraction of sp³-hybridized carbons (Fsp3) is 0.364. The fourth-order valence-corrected chi connectivity index (χ4v) is 3.77. The highest BCUT2D eigenvalue weighted by molar-refractivity contribution is 6.30. The SMILES string of the molecule is C[C@@H]1CN(C(=O)COc2cc(Cl)ccc2C(=O)O)[C@@H](C)CN1Cc1ccc(F)cc1. The van der Waals surface area contributed by atoms with Gasteiger partial charge in [-0.05, 0) is 49.7 Å². The first-order valence-electron chi connectivity index (χ1n) is 9.68. The van der Waals surface area contributed by atoms with Gasteiger partial charge in [0.1, 0.15) is 17.1 Å². The van der Waals surface area contributed by atoms with Crippen LogP contribution in [0.4, 0.5) is 4.39 Å². The van der Waals surface area contributed by atoms with E-state index in [0.717, 1.165) is 5.56 Å². The van der Waals surface area contributed by atoms with Gasteiger partial charge in [0.15, 0.2) is 6.61 Å². The van der Waals surface area contributed by atoms with Gasteiger partial charge in [-0.15, -0.1) is 0 Å². The molecule has 1 N–H and O–H groups in total. The molecule has 30 heavy (non-hydrogen) atoms. The van der Waals surface area contributed by atoms with E-state index < -0.39 is 5.97 Å². The van der Waals surface area contributed by atoms with Crippen molar-refractivity contribution in [1.82, 2.24) is 9.80 Å². The molecule has 0 aliphatic carbocycles. The molecule has 2 aromatic rings. The molecule has 2 aromatic carbocycles. The van der Waals surface area contributed by atoms with Gasteiger partial charge in [0.2, 0.25) is 0 Å². The van der Waals surface area contributed by atoms with Crippen molar-refractivity contribution in [3.8, 4) is 5.75 Å². The second-order valence-electron chi connectivity index (χ2n) is 7.53. The minimum absolute atomic E-state index is 0.0438. The molecule has 2 atom stereocenters. The molecule has 0 bridgehead atoms. The first-order valence-corrected chi connectivity index (χ1v) is 10.1. The van der Waals surface area contributed by atoms with Crippen LogP contribution in [0, 0.1) is 5.82 Å². The number of piperazine rings is 1. The van der Waals surface area contributed by atoms with Gasteiger partial charge >= 0.3 is 5.97 Å². The third kappa shape index (κ3) is 5.29. The van der Waals surface area contributed by atoms with Crippen LogP contribution in [-0.2, 0) is 11.3 Å². The van der Waals surface area contributed by atoms with Crippen molar-refractivity contribution in [2.75, 3.05) is 19.7 Å². The molecule has 1 heterocycles. The number of halogens is 2. The summed E-state index contributed by atoms with van der Waals surface area (Å²) in [5.41, 5.74) is 0.971. The Hall–Kier alpha value is -2.64. The molecule has 1 aliphatic heterocycles. The first-order chi connectivity index (χ1) is 14.2. The largest absolute Gasteiger partial charge is 0.483 e. The van der Waals surface area contributed by atoms with Crippen molar-refractivity contribution in [3.63, 3.8) is 0 Å². The number of amides is 1. The smallest absolute Gasteiger partial charge is 0.339 e. The summed E-state index contributed by atoms with van der Waals surface area (Å²) in [6.45, 7) is 5.59. The van der Waals surface area contributed by atoms with E-state index in [4.69, 9.17) is 16.3 Å². The number of ether oxygens (including phenoxy) is 1. The van der Waals surface area contributed by atoms with Crippen molar-refractivity contribution in [1.29, 1.82) is 0 Å². The van der Waals surface area contributed by atoms with E-state index in [1.54, 1.807) is 17.0 Å². The Labute approximate surface area is 179 Å². The van der Waals surface area contributed by atoms with E-state index in [2.05, 4.69) is 4.90 Å². The maximum absolute atomic E-state index is 13.1. The van der Waals surface area contributed by atoms with Crippen molar-refractivity contribution in [3.05, 3.63) is 64.4 Å². The summed E-state index contributed by atoms with van der Waals surface area (Å²) in [5, 5.41) is 9.60. The Morgan fingerprint density at radius 2 is 1.83 bits per heavy atom.